The fourth-order valence-electron chi connectivity index (χ4n) is 3.65. The molecule has 2 bridgehead atoms. The van der Waals surface area contributed by atoms with E-state index >= 15 is 0 Å². The van der Waals surface area contributed by atoms with E-state index in [9.17, 15) is 23.6 Å². The molecule has 0 aromatic heterocycles. The Bertz CT molecular complexity index is 540. The number of rotatable bonds is 2. The Kier molecular flexibility index (Phi) is 3.34. The van der Waals surface area contributed by atoms with Gasteiger partial charge < -0.3 is 9.94 Å². The lowest BCUT2D eigenvalue weighted by atomic mass is 9.81. The lowest BCUT2D eigenvalue weighted by Gasteiger charge is -2.43. The zero-order chi connectivity index (χ0) is 16.4. The van der Waals surface area contributed by atoms with E-state index in [-0.39, 0.29) is 18.2 Å². The van der Waals surface area contributed by atoms with E-state index in [1.165, 1.54) is 5.06 Å². The number of amides is 2. The summed E-state index contributed by atoms with van der Waals surface area (Å²) in [6.07, 6.45) is -0.492. The van der Waals surface area contributed by atoms with Crippen LogP contribution in [0.2, 0.25) is 0 Å². The van der Waals surface area contributed by atoms with Gasteiger partial charge in [-0.1, -0.05) is 0 Å². The maximum absolute atomic E-state index is 12.7. The number of carbonyl (C=O) groups is 2. The van der Waals surface area contributed by atoms with Crippen molar-refractivity contribution < 1.29 is 28.3 Å². The zero-order valence-electron chi connectivity index (χ0n) is 12.2. The molecule has 0 radical (unpaired) electrons. The second kappa shape index (κ2) is 5.07. The van der Waals surface area contributed by atoms with E-state index in [4.69, 9.17) is 4.74 Å². The average Bonchev–Trinajstić information content (AvgIpc) is 3.28. The van der Waals surface area contributed by atoms with E-state index in [1.807, 2.05) is 4.90 Å². The summed E-state index contributed by atoms with van der Waals surface area (Å²) < 4.78 is 30.8. The summed E-state index contributed by atoms with van der Waals surface area (Å²) in [4.78, 5) is 25.8. The number of epoxide rings is 1. The van der Waals surface area contributed by atoms with Crippen LogP contribution in [0.15, 0.2) is 0 Å². The number of nitrogens with one attached hydrogen (secondary N) is 2. The minimum absolute atomic E-state index is 0.0606. The molecule has 3 heterocycles. The van der Waals surface area contributed by atoms with Crippen molar-refractivity contribution in [1.82, 2.24) is 20.8 Å². The van der Waals surface area contributed by atoms with Gasteiger partial charge in [-0.15, -0.1) is 0 Å². The van der Waals surface area contributed by atoms with Crippen LogP contribution in [0.5, 0.6) is 0 Å². The van der Waals surface area contributed by atoms with Crippen LogP contribution in [0.1, 0.15) is 25.7 Å². The van der Waals surface area contributed by atoms with E-state index in [1.54, 1.807) is 0 Å². The summed E-state index contributed by atoms with van der Waals surface area (Å²) in [5.41, 5.74) is 4.56. The molecule has 4 rings (SSSR count). The number of hydrogen-bond donors (Lipinski definition) is 3. The van der Waals surface area contributed by atoms with Crippen LogP contribution >= 0.6 is 0 Å². The first kappa shape index (κ1) is 15.2. The number of ether oxygens (including phenoxy) is 1. The Morgan fingerprint density at radius 3 is 2.52 bits per heavy atom. The molecule has 0 aromatic rings. The molecule has 3 unspecified atom stereocenters. The predicted octanol–water partition coefficient (Wildman–Crippen LogP) is -0.601. The molecule has 1 saturated carbocycles. The van der Waals surface area contributed by atoms with Crippen LogP contribution in [0.4, 0.5) is 8.78 Å². The molecule has 1 aliphatic carbocycles. The summed E-state index contributed by atoms with van der Waals surface area (Å²) in [6.45, 7) is 0.512. The second-order valence-corrected chi connectivity index (χ2v) is 6.68. The molecule has 4 fully saturated rings. The molecular weight excluding hydrogens is 314 g/mol. The monoisotopic (exact) mass is 332 g/mol. The second-order valence-electron chi connectivity index (χ2n) is 6.68. The molecule has 3 saturated heterocycles. The van der Waals surface area contributed by atoms with Crippen molar-refractivity contribution >= 4 is 11.8 Å². The highest BCUT2D eigenvalue weighted by atomic mass is 19.3. The van der Waals surface area contributed by atoms with Gasteiger partial charge in [-0.05, 0) is 12.8 Å². The summed E-state index contributed by atoms with van der Waals surface area (Å²) in [6, 6.07) is -0.521. The number of halogens is 2. The first-order chi connectivity index (χ1) is 10.9. The Hall–Kier alpha value is -1.36. The molecule has 10 heteroatoms. The summed E-state index contributed by atoms with van der Waals surface area (Å²) in [5, 5.41) is 11.0. The van der Waals surface area contributed by atoms with Crippen molar-refractivity contribution in [2.24, 2.45) is 5.92 Å². The third-order valence-corrected chi connectivity index (χ3v) is 5.08. The Labute approximate surface area is 130 Å². The van der Waals surface area contributed by atoms with Gasteiger partial charge in [0.25, 0.3) is 5.91 Å². The van der Waals surface area contributed by atoms with E-state index < -0.39 is 42.9 Å². The van der Waals surface area contributed by atoms with Gasteiger partial charge in [0, 0.05) is 19.4 Å². The quantitative estimate of drug-likeness (QED) is 0.461. The highest BCUT2D eigenvalue weighted by Gasteiger charge is 2.59. The summed E-state index contributed by atoms with van der Waals surface area (Å²) >= 11 is 0. The number of nitrogens with zero attached hydrogens (tertiary/aromatic N) is 2. The van der Waals surface area contributed by atoms with Gasteiger partial charge >= 0.3 is 0 Å². The Morgan fingerprint density at radius 2 is 1.83 bits per heavy atom. The number of fused-ring (bicyclic) bond motifs is 4. The van der Waals surface area contributed by atoms with Crippen LogP contribution in [0.3, 0.4) is 0 Å². The van der Waals surface area contributed by atoms with Crippen molar-refractivity contribution in [3.8, 4) is 0 Å². The lowest BCUT2D eigenvalue weighted by Crippen LogP contribution is -2.63. The first-order valence-corrected chi connectivity index (χ1v) is 7.72. The highest BCUT2D eigenvalue weighted by Crippen LogP contribution is 2.42. The van der Waals surface area contributed by atoms with Crippen molar-refractivity contribution in [3.05, 3.63) is 0 Å². The standard InChI is InChI=1S/C13H18F2N4O4/c14-13(15)3-6(4-13)9(20)16-17-10(21)8-2-1-7-5-18(8)11-12(23-11)19(7)22/h6-8,11-12,22H,1-5H2,(H,16,20)(H,17,21)/t7-,8+,11?,12?/m1/s1. The van der Waals surface area contributed by atoms with Gasteiger partial charge in [-0.25, -0.2) is 8.78 Å². The molecule has 128 valence electrons. The van der Waals surface area contributed by atoms with Gasteiger partial charge in [0.1, 0.15) is 0 Å². The highest BCUT2D eigenvalue weighted by molar-refractivity contribution is 5.86. The topological polar surface area (TPSA) is 97.4 Å². The largest absolute Gasteiger partial charge is 0.334 e. The van der Waals surface area contributed by atoms with E-state index in [0.29, 0.717) is 19.4 Å². The van der Waals surface area contributed by atoms with Crippen LogP contribution in [-0.2, 0) is 14.3 Å². The molecule has 8 nitrogen and oxygen atoms in total. The van der Waals surface area contributed by atoms with Gasteiger partial charge in [-0.3, -0.25) is 25.3 Å². The number of alkyl halides is 2. The molecule has 3 aliphatic heterocycles. The van der Waals surface area contributed by atoms with Crippen molar-refractivity contribution in [2.45, 2.75) is 56.1 Å². The third-order valence-electron chi connectivity index (χ3n) is 5.08. The van der Waals surface area contributed by atoms with Crippen molar-refractivity contribution in [3.63, 3.8) is 0 Å². The minimum Gasteiger partial charge on any atom is -0.334 e. The molecule has 0 aromatic carbocycles. The number of carbonyl (C=O) groups excluding carboxylic acids is 2. The van der Waals surface area contributed by atoms with Crippen molar-refractivity contribution in [2.75, 3.05) is 6.54 Å². The van der Waals surface area contributed by atoms with E-state index in [2.05, 4.69) is 10.9 Å². The number of hydroxylamine groups is 2. The minimum atomic E-state index is -2.77. The molecule has 4 aliphatic rings. The van der Waals surface area contributed by atoms with Crippen molar-refractivity contribution in [1.29, 1.82) is 0 Å². The number of hydrazine groups is 1. The SMILES string of the molecule is O=C(NNC(=O)[C@@H]1CC[C@@H]2CN1C1OC1N2O)C1CC(F)(F)C1. The van der Waals surface area contributed by atoms with Gasteiger partial charge in [0.15, 0.2) is 12.5 Å². The zero-order valence-corrected chi connectivity index (χ0v) is 12.2. The molecule has 2 amide bonds. The lowest BCUT2D eigenvalue weighted by molar-refractivity contribution is -0.187. The molecule has 5 atom stereocenters. The fraction of sp³-hybridized carbons (Fsp3) is 0.846. The maximum Gasteiger partial charge on any atom is 0.255 e. The maximum atomic E-state index is 12.7. The molecule has 23 heavy (non-hydrogen) atoms. The Balaban J connectivity index is 1.29. The van der Waals surface area contributed by atoms with Crippen LogP contribution < -0.4 is 10.9 Å². The predicted molar refractivity (Wildman–Crippen MR) is 69.8 cm³/mol. The summed E-state index contributed by atoms with van der Waals surface area (Å²) in [7, 11) is 0. The van der Waals surface area contributed by atoms with Crippen LogP contribution in [-0.4, -0.2) is 64.0 Å². The van der Waals surface area contributed by atoms with E-state index in [0.717, 1.165) is 0 Å². The smallest absolute Gasteiger partial charge is 0.255 e. The molecular formula is C13H18F2N4O4. The number of piperidine rings is 1. The van der Waals surface area contributed by atoms with Crippen LogP contribution in [0.25, 0.3) is 0 Å². The summed E-state index contributed by atoms with van der Waals surface area (Å²) in [5.74, 6) is -4.50. The fourth-order valence-corrected chi connectivity index (χ4v) is 3.65. The van der Waals surface area contributed by atoms with Gasteiger partial charge in [-0.2, -0.15) is 5.06 Å². The van der Waals surface area contributed by atoms with Crippen LogP contribution in [0, 0.1) is 5.92 Å². The number of piperazine rings is 1. The first-order valence-electron chi connectivity index (χ1n) is 7.72. The molecule has 3 N–H and O–H groups in total. The Morgan fingerprint density at radius 1 is 1.13 bits per heavy atom. The van der Waals surface area contributed by atoms with Gasteiger partial charge in [0.05, 0.1) is 18.0 Å². The average molecular weight is 332 g/mol. The third kappa shape index (κ3) is 2.59. The number of hydrogen-bond acceptors (Lipinski definition) is 6. The molecule has 0 spiro atoms. The van der Waals surface area contributed by atoms with Gasteiger partial charge in [0.2, 0.25) is 11.8 Å². The normalized spacial score (nSPS) is 41.4.